The summed E-state index contributed by atoms with van der Waals surface area (Å²) in [6.45, 7) is 4.31. The van der Waals surface area contributed by atoms with Gasteiger partial charge in [-0.05, 0) is 24.7 Å². The van der Waals surface area contributed by atoms with Gasteiger partial charge in [0.2, 0.25) is 0 Å². The third-order valence-electron chi connectivity index (χ3n) is 3.15. The van der Waals surface area contributed by atoms with Crippen molar-refractivity contribution in [1.82, 2.24) is 15.3 Å². The normalized spacial score (nSPS) is 16.9. The number of hydrogen-bond donors (Lipinski definition) is 1. The molecule has 15 heavy (non-hydrogen) atoms. The molecule has 0 radical (unpaired) electrons. The molecule has 0 amide bonds. The van der Waals surface area contributed by atoms with E-state index in [4.69, 9.17) is 0 Å². The molecular weight excluding hydrogens is 210 g/mol. The van der Waals surface area contributed by atoms with Crippen molar-refractivity contribution < 1.29 is 0 Å². The van der Waals surface area contributed by atoms with Crippen LogP contribution in [0, 0.1) is 5.41 Å². The zero-order chi connectivity index (χ0) is 9.86. The largest absolute Gasteiger partial charge is 0.312 e. The van der Waals surface area contributed by atoms with Crippen molar-refractivity contribution in [2.24, 2.45) is 5.41 Å². The second-order valence-corrected chi connectivity index (χ2v) is 4.20. The zero-order valence-electron chi connectivity index (χ0n) is 9.07. The van der Waals surface area contributed by atoms with Crippen LogP contribution in [0.3, 0.4) is 0 Å². The number of aromatic nitrogens is 2. The maximum atomic E-state index is 3.98. The summed E-state index contributed by atoms with van der Waals surface area (Å²) in [5.74, 6) is 0. The van der Waals surface area contributed by atoms with Gasteiger partial charge in [-0.2, -0.15) is 0 Å². The van der Waals surface area contributed by atoms with Crippen molar-refractivity contribution in [3.63, 3.8) is 0 Å². The summed E-state index contributed by atoms with van der Waals surface area (Å²) in [6.07, 6.45) is 9.38. The second kappa shape index (κ2) is 5.42. The standard InChI is InChI=1S/C11H17N3.ClH/c1-2-11(3-4-11)8-12-5-10-6-13-9-14-7-10;/h6-7,9,12H,2-5,8H2,1H3;1H. The van der Waals surface area contributed by atoms with E-state index in [1.807, 2.05) is 12.4 Å². The fourth-order valence-electron chi connectivity index (χ4n) is 1.73. The summed E-state index contributed by atoms with van der Waals surface area (Å²) >= 11 is 0. The molecule has 0 atom stereocenters. The summed E-state index contributed by atoms with van der Waals surface area (Å²) in [4.78, 5) is 7.97. The first-order chi connectivity index (χ1) is 6.85. The third-order valence-corrected chi connectivity index (χ3v) is 3.15. The molecule has 1 N–H and O–H groups in total. The molecule has 3 nitrogen and oxygen atoms in total. The van der Waals surface area contributed by atoms with Crippen LogP contribution in [-0.2, 0) is 6.54 Å². The van der Waals surface area contributed by atoms with E-state index in [1.54, 1.807) is 6.33 Å². The Morgan fingerprint density at radius 3 is 2.53 bits per heavy atom. The first kappa shape index (κ1) is 12.4. The number of hydrogen-bond acceptors (Lipinski definition) is 3. The van der Waals surface area contributed by atoms with Crippen LogP contribution in [0.4, 0.5) is 0 Å². The van der Waals surface area contributed by atoms with E-state index in [1.165, 1.54) is 24.8 Å². The van der Waals surface area contributed by atoms with Gasteiger partial charge in [0.15, 0.2) is 0 Å². The summed E-state index contributed by atoms with van der Waals surface area (Å²) in [7, 11) is 0. The molecular formula is C11H18ClN3. The Labute approximate surface area is 97.1 Å². The van der Waals surface area contributed by atoms with Crippen molar-refractivity contribution in [2.45, 2.75) is 32.7 Å². The monoisotopic (exact) mass is 227 g/mol. The Morgan fingerprint density at radius 1 is 1.33 bits per heavy atom. The lowest BCUT2D eigenvalue weighted by Crippen LogP contribution is -2.23. The molecule has 1 fully saturated rings. The van der Waals surface area contributed by atoms with E-state index in [-0.39, 0.29) is 12.4 Å². The summed E-state index contributed by atoms with van der Waals surface area (Å²) in [6, 6.07) is 0. The predicted molar refractivity (Wildman–Crippen MR) is 62.9 cm³/mol. The van der Waals surface area contributed by atoms with Crippen molar-refractivity contribution in [1.29, 1.82) is 0 Å². The molecule has 1 aromatic rings. The number of rotatable bonds is 5. The van der Waals surface area contributed by atoms with E-state index in [0.717, 1.165) is 13.1 Å². The molecule has 4 heteroatoms. The lowest BCUT2D eigenvalue weighted by Gasteiger charge is -2.12. The summed E-state index contributed by atoms with van der Waals surface area (Å²) in [5, 5.41) is 3.48. The first-order valence-corrected chi connectivity index (χ1v) is 5.29. The molecule has 2 rings (SSSR count). The van der Waals surface area contributed by atoms with Gasteiger partial charge in [-0.15, -0.1) is 12.4 Å². The Hall–Kier alpha value is -0.670. The van der Waals surface area contributed by atoms with Crippen LogP contribution in [0.5, 0.6) is 0 Å². The molecule has 1 aromatic heterocycles. The predicted octanol–water partition coefficient (Wildman–Crippen LogP) is 2.18. The van der Waals surface area contributed by atoms with Gasteiger partial charge in [0.1, 0.15) is 6.33 Å². The molecule has 0 aliphatic heterocycles. The van der Waals surface area contributed by atoms with Crippen molar-refractivity contribution >= 4 is 12.4 Å². The smallest absolute Gasteiger partial charge is 0.115 e. The highest BCUT2D eigenvalue weighted by molar-refractivity contribution is 5.85. The van der Waals surface area contributed by atoms with Crippen molar-refractivity contribution in [2.75, 3.05) is 6.54 Å². The molecule has 84 valence electrons. The number of halogens is 1. The van der Waals surface area contributed by atoms with Crippen molar-refractivity contribution in [3.8, 4) is 0 Å². The highest BCUT2D eigenvalue weighted by Crippen LogP contribution is 2.47. The summed E-state index contributed by atoms with van der Waals surface area (Å²) < 4.78 is 0. The van der Waals surface area contributed by atoms with E-state index < -0.39 is 0 Å². The van der Waals surface area contributed by atoms with Crippen LogP contribution in [0.25, 0.3) is 0 Å². The molecule has 1 saturated carbocycles. The van der Waals surface area contributed by atoms with Crippen LogP contribution in [-0.4, -0.2) is 16.5 Å². The van der Waals surface area contributed by atoms with Gasteiger partial charge in [0.25, 0.3) is 0 Å². The minimum absolute atomic E-state index is 0. The molecule has 1 aliphatic carbocycles. The van der Waals surface area contributed by atoms with Crippen LogP contribution in [0.2, 0.25) is 0 Å². The van der Waals surface area contributed by atoms with E-state index in [2.05, 4.69) is 22.2 Å². The van der Waals surface area contributed by atoms with Gasteiger partial charge in [0, 0.05) is 31.0 Å². The van der Waals surface area contributed by atoms with E-state index in [0.29, 0.717) is 5.41 Å². The van der Waals surface area contributed by atoms with Crippen molar-refractivity contribution in [3.05, 3.63) is 24.3 Å². The first-order valence-electron chi connectivity index (χ1n) is 5.29. The van der Waals surface area contributed by atoms with Crippen LogP contribution in [0.15, 0.2) is 18.7 Å². The number of nitrogens with one attached hydrogen (secondary N) is 1. The molecule has 1 aliphatic rings. The molecule has 0 aromatic carbocycles. The molecule has 0 bridgehead atoms. The SMILES string of the molecule is CCC1(CNCc2cncnc2)CC1.Cl. The van der Waals surface area contributed by atoms with Gasteiger partial charge in [0.05, 0.1) is 0 Å². The maximum Gasteiger partial charge on any atom is 0.115 e. The van der Waals surface area contributed by atoms with E-state index >= 15 is 0 Å². The van der Waals surface area contributed by atoms with Gasteiger partial charge in [-0.1, -0.05) is 6.92 Å². The van der Waals surface area contributed by atoms with Gasteiger partial charge < -0.3 is 5.32 Å². The highest BCUT2D eigenvalue weighted by atomic mass is 35.5. The highest BCUT2D eigenvalue weighted by Gasteiger charge is 2.39. The molecule has 1 heterocycles. The average Bonchev–Trinajstić information content (AvgIpc) is 3.00. The fourth-order valence-corrected chi connectivity index (χ4v) is 1.73. The third kappa shape index (κ3) is 3.43. The molecule has 0 spiro atoms. The zero-order valence-corrected chi connectivity index (χ0v) is 9.89. The summed E-state index contributed by atoms with van der Waals surface area (Å²) in [5.41, 5.74) is 1.79. The second-order valence-electron chi connectivity index (χ2n) is 4.20. The number of nitrogens with zero attached hydrogens (tertiary/aromatic N) is 2. The quantitative estimate of drug-likeness (QED) is 0.838. The topological polar surface area (TPSA) is 37.8 Å². The minimum Gasteiger partial charge on any atom is -0.312 e. The average molecular weight is 228 g/mol. The Balaban J connectivity index is 0.00000112. The van der Waals surface area contributed by atoms with Gasteiger partial charge in [-0.25, -0.2) is 9.97 Å². The van der Waals surface area contributed by atoms with Crippen LogP contribution < -0.4 is 5.32 Å². The van der Waals surface area contributed by atoms with Gasteiger partial charge >= 0.3 is 0 Å². The Bertz CT molecular complexity index is 285. The van der Waals surface area contributed by atoms with Gasteiger partial charge in [-0.3, -0.25) is 0 Å². The Kier molecular flexibility index (Phi) is 4.48. The van der Waals surface area contributed by atoms with E-state index in [9.17, 15) is 0 Å². The fraction of sp³-hybridized carbons (Fsp3) is 0.636. The lowest BCUT2D eigenvalue weighted by atomic mass is 10.0. The maximum absolute atomic E-state index is 3.98. The lowest BCUT2D eigenvalue weighted by molar-refractivity contribution is 0.443. The van der Waals surface area contributed by atoms with Crippen LogP contribution in [0.1, 0.15) is 31.7 Å². The molecule has 0 unspecified atom stereocenters. The van der Waals surface area contributed by atoms with Crippen LogP contribution >= 0.6 is 12.4 Å². The minimum atomic E-state index is 0. The molecule has 0 saturated heterocycles. The Morgan fingerprint density at radius 2 is 2.00 bits per heavy atom.